The molecule has 0 unspecified atom stereocenters. The van der Waals surface area contributed by atoms with Gasteiger partial charge in [0.1, 0.15) is 0 Å². The van der Waals surface area contributed by atoms with Crippen LogP contribution in [0.2, 0.25) is 0 Å². The number of benzene rings is 8. The van der Waals surface area contributed by atoms with Crippen molar-refractivity contribution in [1.82, 2.24) is 9.13 Å². The number of hydrogen-bond acceptors (Lipinski definition) is 0. The predicted octanol–water partition coefficient (Wildman–Crippen LogP) is 12.9. The SMILES string of the molecule is [2H]c1c([2H])c([2H])c(-c2c([2H])c([2H])c(-c3c([2H])c([2H])c(-n4c5c([2H])c([2H])c([2H])c([2H])c5c5c6c7c([2H])c([2H])c([2H])c([2H])c7n(-c7c([2H])c([2H])c(-c8c([2H])c([2H])c([2H])c([2H])c8[2H])c([2H])c7[2H])c6c([2H])c([2H])c54)c([2H])c3[2H])c([2H])c2[2H])c([2H])c1[2H]. The molecule has 2 nitrogen and oxygen atoms in total. The van der Waals surface area contributed by atoms with Gasteiger partial charge in [-0.05, 0) is 81.7 Å². The van der Waals surface area contributed by atoms with E-state index in [-0.39, 0.29) is 0 Å². The molecule has 0 fully saturated rings. The zero-order valence-electron chi connectivity index (χ0n) is 56.9. The van der Waals surface area contributed by atoms with E-state index in [0.717, 1.165) is 0 Å². The van der Waals surface area contributed by atoms with Gasteiger partial charge in [0.2, 0.25) is 0 Å². The molecule has 0 amide bonds. The second-order valence-corrected chi connectivity index (χ2v) is 10.5. The number of para-hydroxylation sites is 2. The first kappa shape index (κ1) is 10.9. The smallest absolute Gasteiger partial charge is 0.0646 e. The van der Waals surface area contributed by atoms with E-state index in [1.54, 1.807) is 0 Å². The first-order valence-electron chi connectivity index (χ1n) is 30.6. The lowest BCUT2D eigenvalue weighted by Crippen LogP contribution is -1.95. The Morgan fingerprint density at radius 3 is 0.940 bits per heavy atom. The third-order valence-corrected chi connectivity index (χ3v) is 7.80. The number of nitrogens with zero attached hydrogens (tertiary/aromatic N) is 2. The normalized spacial score (nSPS) is 20.6. The van der Waals surface area contributed by atoms with E-state index in [2.05, 4.69) is 0 Å². The van der Waals surface area contributed by atoms with E-state index < -0.39 is 282 Å². The summed E-state index contributed by atoms with van der Waals surface area (Å²) in [6.07, 6.45) is 0. The van der Waals surface area contributed by atoms with Crippen LogP contribution in [0.3, 0.4) is 0 Å². The second kappa shape index (κ2) is 11.5. The molecule has 0 aliphatic carbocycles. The molecule has 0 atom stereocenters. The zero-order chi connectivity index (χ0) is 60.9. The van der Waals surface area contributed by atoms with Crippen LogP contribution in [0, 0.1) is 0 Å². The third-order valence-electron chi connectivity index (χ3n) is 7.80. The lowest BCUT2D eigenvalue weighted by Gasteiger charge is -2.11. The Morgan fingerprint density at radius 2 is 0.560 bits per heavy atom. The van der Waals surface area contributed by atoms with Crippen LogP contribution >= 0.6 is 0 Å². The molecule has 2 heteroatoms. The summed E-state index contributed by atoms with van der Waals surface area (Å²) in [5.74, 6) is 0. The van der Waals surface area contributed by atoms with Gasteiger partial charge in [0.05, 0.1) is 65.9 Å². The molecule has 2 aromatic heterocycles. The van der Waals surface area contributed by atoms with Crippen LogP contribution in [0.25, 0.3) is 88.4 Å². The molecule has 2 heterocycles. The lowest BCUT2D eigenvalue weighted by molar-refractivity contribution is 1.17. The minimum absolute atomic E-state index is 0.562. The first-order valence-corrected chi connectivity index (χ1v) is 14.6. The molecule has 10 rings (SSSR count). The molecule has 8 aromatic carbocycles. The van der Waals surface area contributed by atoms with Gasteiger partial charge < -0.3 is 9.13 Å². The van der Waals surface area contributed by atoms with Crippen molar-refractivity contribution in [3.63, 3.8) is 0 Å². The summed E-state index contributed by atoms with van der Waals surface area (Å²) in [6, 6.07) is -31.3. The summed E-state index contributed by atoms with van der Waals surface area (Å²) >= 11 is 0. The maximum atomic E-state index is 9.76. The highest BCUT2D eigenvalue weighted by atomic mass is 15.0. The minimum atomic E-state index is -1.13. The summed E-state index contributed by atoms with van der Waals surface area (Å²) in [6.45, 7) is 0. The number of hydrogen-bond donors (Lipinski definition) is 0. The molecule has 0 bridgehead atoms. The molecule has 0 N–H and O–H groups in total. The predicted molar refractivity (Wildman–Crippen MR) is 211 cm³/mol. The van der Waals surface area contributed by atoms with Gasteiger partial charge in [-0.25, -0.2) is 0 Å². The van der Waals surface area contributed by atoms with E-state index in [1.807, 2.05) is 0 Å². The minimum Gasteiger partial charge on any atom is -0.309 e. The zero-order valence-corrected chi connectivity index (χ0v) is 24.9. The fourth-order valence-corrected chi connectivity index (χ4v) is 5.68. The van der Waals surface area contributed by atoms with Crippen LogP contribution in [-0.4, -0.2) is 9.13 Å². The molecule has 10 aromatic rings. The Balaban J connectivity index is 1.39. The van der Waals surface area contributed by atoms with Crippen LogP contribution in [0.1, 0.15) is 43.9 Å². The van der Waals surface area contributed by atoms with E-state index in [4.69, 9.17) is 24.7 Å². The summed E-state index contributed by atoms with van der Waals surface area (Å²) in [4.78, 5) is 0. The van der Waals surface area contributed by atoms with E-state index in [1.165, 1.54) is 0 Å². The lowest BCUT2D eigenvalue weighted by atomic mass is 10.0. The van der Waals surface area contributed by atoms with Crippen LogP contribution in [0.4, 0.5) is 0 Å². The average molecular weight is 669 g/mol. The molecule has 0 saturated carbocycles. The monoisotopic (exact) mass is 668 g/mol. The van der Waals surface area contributed by atoms with E-state index in [0.29, 0.717) is 9.13 Å². The van der Waals surface area contributed by atoms with Crippen molar-refractivity contribution in [3.05, 3.63) is 193 Å². The fraction of sp³-hybridized carbons (Fsp3) is 0. The van der Waals surface area contributed by atoms with Gasteiger partial charge in [0.25, 0.3) is 0 Å². The van der Waals surface area contributed by atoms with Crippen molar-refractivity contribution >= 4 is 43.6 Å². The van der Waals surface area contributed by atoms with E-state index >= 15 is 0 Å². The summed E-state index contributed by atoms with van der Waals surface area (Å²) in [5, 5.41) is -2.36. The van der Waals surface area contributed by atoms with Crippen molar-refractivity contribution < 1.29 is 43.9 Å². The quantitative estimate of drug-likeness (QED) is 0.173. The maximum Gasteiger partial charge on any atom is 0.0646 e. The molecule has 0 saturated heterocycles. The van der Waals surface area contributed by atoms with Crippen molar-refractivity contribution in [2.24, 2.45) is 0 Å². The van der Waals surface area contributed by atoms with Gasteiger partial charge in [-0.15, -0.1) is 0 Å². The fourth-order valence-electron chi connectivity index (χ4n) is 5.68. The molecular weight excluding hydrogens is 605 g/mol. The van der Waals surface area contributed by atoms with Gasteiger partial charge in [-0.3, -0.25) is 0 Å². The highest BCUT2D eigenvalue weighted by Crippen LogP contribution is 2.42. The Labute approximate surface area is 335 Å². The summed E-state index contributed by atoms with van der Waals surface area (Å²) in [5.41, 5.74) is -9.40. The van der Waals surface area contributed by atoms with Crippen molar-refractivity contribution in [3.8, 4) is 44.8 Å². The van der Waals surface area contributed by atoms with E-state index in [9.17, 15) is 19.2 Å². The van der Waals surface area contributed by atoms with Crippen LogP contribution in [0.5, 0.6) is 0 Å². The summed E-state index contributed by atoms with van der Waals surface area (Å²) in [7, 11) is 0. The first-order chi connectivity index (χ1) is 38.1. The Kier molecular flexibility index (Phi) is 2.52. The molecule has 234 valence electrons. The van der Waals surface area contributed by atoms with Crippen molar-refractivity contribution in [2.45, 2.75) is 0 Å². The van der Waals surface area contributed by atoms with Gasteiger partial charge in [-0.2, -0.15) is 0 Å². The largest absolute Gasteiger partial charge is 0.309 e. The molecule has 50 heavy (non-hydrogen) atoms. The number of fused-ring (bicyclic) bond motifs is 7. The number of rotatable bonds is 5. The Hall–Kier alpha value is -6.64. The van der Waals surface area contributed by atoms with Gasteiger partial charge in [0, 0.05) is 32.9 Å². The Bertz CT molecular complexity index is 4560. The molecule has 0 aliphatic rings. The van der Waals surface area contributed by atoms with Crippen molar-refractivity contribution in [1.29, 1.82) is 0 Å². The highest BCUT2D eigenvalue weighted by molar-refractivity contribution is 6.28. The van der Waals surface area contributed by atoms with Gasteiger partial charge in [0.15, 0.2) is 0 Å². The van der Waals surface area contributed by atoms with Gasteiger partial charge >= 0.3 is 0 Å². The Morgan fingerprint density at radius 1 is 0.260 bits per heavy atom. The highest BCUT2D eigenvalue weighted by Gasteiger charge is 2.20. The topological polar surface area (TPSA) is 9.86 Å². The third kappa shape index (κ3) is 4.50. The maximum absolute atomic E-state index is 9.76. The van der Waals surface area contributed by atoms with Gasteiger partial charge in [-0.1, -0.05) is 145 Å². The molecule has 0 aliphatic heterocycles. The summed E-state index contributed by atoms with van der Waals surface area (Å²) < 4.78 is 287. The number of aromatic nitrogens is 2. The standard InChI is InChI=1S/C48H32N2/c1-3-11-33(12-4-1)35-19-21-36(22-20-35)38-25-29-40(30-26-38)50-44-18-10-8-16-42(44)48-46(50)32-31-45-47(48)41-15-7-9-17-43(41)49(45)39-27-23-37(24-28-39)34-13-5-2-6-14-34/h1-32H/i1D,2D,3D,4D,5D,6D,7D,8D,9D,10D,11D,12D,13D,14D,15D,16D,17D,18D,19D,20D,21D,22D,23D,24D,25D,26D,27D,28D,29D,30D,31D,32D. The van der Waals surface area contributed by atoms with Crippen LogP contribution in [-0.2, 0) is 0 Å². The molecule has 0 radical (unpaired) electrons. The molecule has 0 spiro atoms. The van der Waals surface area contributed by atoms with Crippen molar-refractivity contribution in [2.75, 3.05) is 0 Å². The average Bonchev–Trinajstić information content (AvgIpc) is 2.08. The van der Waals surface area contributed by atoms with Crippen LogP contribution in [0.15, 0.2) is 193 Å². The van der Waals surface area contributed by atoms with Crippen LogP contribution < -0.4 is 0 Å². The molecular formula is C48H32N2. The second-order valence-electron chi connectivity index (χ2n) is 10.5.